The molecule has 0 heterocycles. The SMILES string of the molecule is CC/C=C\C/C=C\C/C=C\CCCCCC(=O)OCC(COCCCCCCCC/C=C\CCCCCC)OC(=O)CCCCCCC. The third-order valence-electron chi connectivity index (χ3n) is 8.35. The zero-order chi connectivity index (χ0) is 35.0. The van der Waals surface area contributed by atoms with E-state index in [1.165, 1.54) is 77.0 Å². The van der Waals surface area contributed by atoms with Gasteiger partial charge in [-0.3, -0.25) is 9.59 Å². The van der Waals surface area contributed by atoms with E-state index >= 15 is 0 Å². The van der Waals surface area contributed by atoms with Crippen molar-refractivity contribution in [2.75, 3.05) is 19.8 Å². The van der Waals surface area contributed by atoms with Gasteiger partial charge in [-0.05, 0) is 77.0 Å². The Labute approximate surface area is 297 Å². The fraction of sp³-hybridized carbons (Fsp3) is 0.767. The van der Waals surface area contributed by atoms with Crippen molar-refractivity contribution in [1.82, 2.24) is 0 Å². The van der Waals surface area contributed by atoms with Crippen LogP contribution in [0.15, 0.2) is 48.6 Å². The van der Waals surface area contributed by atoms with Crippen LogP contribution in [0.1, 0.15) is 188 Å². The van der Waals surface area contributed by atoms with Crippen LogP contribution in [0.5, 0.6) is 0 Å². The Morgan fingerprint density at radius 3 is 1.56 bits per heavy atom. The Morgan fingerprint density at radius 1 is 0.479 bits per heavy atom. The lowest BCUT2D eigenvalue weighted by molar-refractivity contribution is -0.163. The maximum absolute atomic E-state index is 12.5. The van der Waals surface area contributed by atoms with Crippen molar-refractivity contribution < 1.29 is 23.8 Å². The highest BCUT2D eigenvalue weighted by atomic mass is 16.6. The minimum Gasteiger partial charge on any atom is -0.462 e. The van der Waals surface area contributed by atoms with Crippen LogP contribution in [-0.4, -0.2) is 37.9 Å². The van der Waals surface area contributed by atoms with Gasteiger partial charge in [0.25, 0.3) is 0 Å². The summed E-state index contributed by atoms with van der Waals surface area (Å²) in [6.07, 6.45) is 45.6. The van der Waals surface area contributed by atoms with Crippen LogP contribution in [0.25, 0.3) is 0 Å². The molecule has 1 unspecified atom stereocenters. The summed E-state index contributed by atoms with van der Waals surface area (Å²) in [6, 6.07) is 0. The summed E-state index contributed by atoms with van der Waals surface area (Å²) in [6.45, 7) is 7.57. The zero-order valence-electron chi connectivity index (χ0n) is 31.7. The third-order valence-corrected chi connectivity index (χ3v) is 8.35. The number of carbonyl (C=O) groups is 2. The number of allylic oxidation sites excluding steroid dienone is 8. The van der Waals surface area contributed by atoms with Crippen molar-refractivity contribution in [1.29, 1.82) is 0 Å². The summed E-state index contributed by atoms with van der Waals surface area (Å²) in [5, 5.41) is 0. The van der Waals surface area contributed by atoms with E-state index < -0.39 is 6.10 Å². The van der Waals surface area contributed by atoms with E-state index in [9.17, 15) is 9.59 Å². The molecule has 0 saturated heterocycles. The second-order valence-corrected chi connectivity index (χ2v) is 13.2. The first-order valence-electron chi connectivity index (χ1n) is 20.2. The van der Waals surface area contributed by atoms with Gasteiger partial charge in [0.05, 0.1) is 6.61 Å². The number of unbranched alkanes of at least 4 members (excludes halogenated alkanes) is 17. The van der Waals surface area contributed by atoms with Crippen molar-refractivity contribution >= 4 is 11.9 Å². The molecule has 0 saturated carbocycles. The molecule has 0 amide bonds. The molecular weight excluding hydrogens is 596 g/mol. The molecular formula is C43H76O5. The van der Waals surface area contributed by atoms with Gasteiger partial charge in [0.15, 0.2) is 6.10 Å². The van der Waals surface area contributed by atoms with E-state index in [0.29, 0.717) is 19.4 Å². The number of hydrogen-bond donors (Lipinski definition) is 0. The molecule has 0 fully saturated rings. The summed E-state index contributed by atoms with van der Waals surface area (Å²) in [4.78, 5) is 24.9. The highest BCUT2D eigenvalue weighted by Crippen LogP contribution is 2.11. The van der Waals surface area contributed by atoms with Crippen LogP contribution in [-0.2, 0) is 23.8 Å². The summed E-state index contributed by atoms with van der Waals surface area (Å²) in [5.74, 6) is -0.449. The standard InChI is InChI=1S/C43H76O5/c1-4-7-10-13-15-17-19-21-23-25-27-29-32-35-38-46-39-41(48-43(45)37-34-30-12-9-6-3)40-47-42(44)36-33-31-28-26-24-22-20-18-16-14-11-8-5-2/h8,11,16-19,22,24,41H,4-7,9-10,12-15,20-21,23,25-40H2,1-3H3/b11-8-,18-16-,19-17-,24-22-. The largest absolute Gasteiger partial charge is 0.462 e. The predicted molar refractivity (Wildman–Crippen MR) is 205 cm³/mol. The molecule has 0 radical (unpaired) electrons. The predicted octanol–water partition coefficient (Wildman–Crippen LogP) is 12.9. The Morgan fingerprint density at radius 2 is 0.938 bits per heavy atom. The van der Waals surface area contributed by atoms with Gasteiger partial charge in [-0.1, -0.05) is 146 Å². The van der Waals surface area contributed by atoms with Crippen LogP contribution in [0.2, 0.25) is 0 Å². The van der Waals surface area contributed by atoms with Crippen LogP contribution in [0.4, 0.5) is 0 Å². The fourth-order valence-corrected chi connectivity index (χ4v) is 5.34. The normalized spacial score (nSPS) is 12.6. The molecule has 1 atom stereocenters. The number of ether oxygens (including phenoxy) is 3. The lowest BCUT2D eigenvalue weighted by Crippen LogP contribution is -2.30. The lowest BCUT2D eigenvalue weighted by atomic mass is 10.1. The summed E-state index contributed by atoms with van der Waals surface area (Å²) in [7, 11) is 0. The molecule has 0 aliphatic rings. The lowest BCUT2D eigenvalue weighted by Gasteiger charge is -2.18. The summed E-state index contributed by atoms with van der Waals surface area (Å²) in [5.41, 5.74) is 0. The molecule has 5 nitrogen and oxygen atoms in total. The van der Waals surface area contributed by atoms with Gasteiger partial charge in [-0.25, -0.2) is 0 Å². The molecule has 0 N–H and O–H groups in total. The van der Waals surface area contributed by atoms with Gasteiger partial charge < -0.3 is 14.2 Å². The van der Waals surface area contributed by atoms with Crippen molar-refractivity contribution in [3.63, 3.8) is 0 Å². The fourth-order valence-electron chi connectivity index (χ4n) is 5.34. The van der Waals surface area contributed by atoms with Crippen molar-refractivity contribution in [2.45, 2.75) is 194 Å². The maximum atomic E-state index is 12.5. The molecule has 278 valence electrons. The average Bonchev–Trinajstić information content (AvgIpc) is 3.08. The molecule has 0 bridgehead atoms. The first-order valence-corrected chi connectivity index (χ1v) is 20.2. The van der Waals surface area contributed by atoms with Crippen molar-refractivity contribution in [3.05, 3.63) is 48.6 Å². The Balaban J connectivity index is 4.16. The molecule has 0 aromatic rings. The highest BCUT2D eigenvalue weighted by Gasteiger charge is 2.17. The number of rotatable bonds is 36. The van der Waals surface area contributed by atoms with E-state index in [1.807, 2.05) is 0 Å². The van der Waals surface area contributed by atoms with E-state index in [1.54, 1.807) is 0 Å². The van der Waals surface area contributed by atoms with Crippen LogP contribution in [0.3, 0.4) is 0 Å². The number of esters is 2. The van der Waals surface area contributed by atoms with Crippen LogP contribution >= 0.6 is 0 Å². The first-order chi connectivity index (χ1) is 23.6. The molecule has 0 spiro atoms. The number of hydrogen-bond acceptors (Lipinski definition) is 5. The number of carbonyl (C=O) groups excluding carboxylic acids is 2. The average molecular weight is 673 g/mol. The van der Waals surface area contributed by atoms with Gasteiger partial charge in [-0.2, -0.15) is 0 Å². The maximum Gasteiger partial charge on any atom is 0.306 e. The zero-order valence-corrected chi connectivity index (χ0v) is 31.7. The van der Waals surface area contributed by atoms with E-state index in [0.717, 1.165) is 77.0 Å². The molecule has 0 aromatic carbocycles. The van der Waals surface area contributed by atoms with Gasteiger partial charge in [0, 0.05) is 19.4 Å². The Kier molecular flexibility index (Phi) is 37.5. The third kappa shape index (κ3) is 36.7. The van der Waals surface area contributed by atoms with Gasteiger partial charge in [0.1, 0.15) is 6.61 Å². The summed E-state index contributed by atoms with van der Waals surface area (Å²) < 4.78 is 17.1. The van der Waals surface area contributed by atoms with Crippen molar-refractivity contribution in [3.8, 4) is 0 Å². The van der Waals surface area contributed by atoms with Crippen LogP contribution < -0.4 is 0 Å². The van der Waals surface area contributed by atoms with Gasteiger partial charge in [-0.15, -0.1) is 0 Å². The first kappa shape index (κ1) is 45.9. The highest BCUT2D eigenvalue weighted by molar-refractivity contribution is 5.70. The minimum absolute atomic E-state index is 0.0675. The Hall–Kier alpha value is -2.14. The van der Waals surface area contributed by atoms with Crippen LogP contribution in [0, 0.1) is 0 Å². The monoisotopic (exact) mass is 673 g/mol. The van der Waals surface area contributed by atoms with Crippen molar-refractivity contribution in [2.24, 2.45) is 0 Å². The topological polar surface area (TPSA) is 61.8 Å². The van der Waals surface area contributed by atoms with E-state index in [2.05, 4.69) is 69.4 Å². The second-order valence-electron chi connectivity index (χ2n) is 13.2. The molecule has 0 aliphatic carbocycles. The molecule has 48 heavy (non-hydrogen) atoms. The Bertz CT molecular complexity index is 812. The quantitative estimate of drug-likeness (QED) is 0.0376. The van der Waals surface area contributed by atoms with E-state index in [4.69, 9.17) is 14.2 Å². The smallest absolute Gasteiger partial charge is 0.306 e. The second kappa shape index (κ2) is 39.3. The van der Waals surface area contributed by atoms with Gasteiger partial charge in [0.2, 0.25) is 0 Å². The minimum atomic E-state index is -0.543. The molecule has 0 aromatic heterocycles. The van der Waals surface area contributed by atoms with Gasteiger partial charge >= 0.3 is 11.9 Å². The summed E-state index contributed by atoms with van der Waals surface area (Å²) >= 11 is 0. The molecule has 0 aliphatic heterocycles. The molecule has 5 heteroatoms. The molecule has 0 rings (SSSR count). The van der Waals surface area contributed by atoms with E-state index in [-0.39, 0.29) is 25.2 Å².